The van der Waals surface area contributed by atoms with Gasteiger partial charge in [-0.2, -0.15) is 0 Å². The Bertz CT molecular complexity index is 1660. The molecule has 1 aromatic heterocycles. The highest BCUT2D eigenvalue weighted by Crippen LogP contribution is 2.16. The van der Waals surface area contributed by atoms with Crippen LogP contribution >= 0.6 is 0 Å². The van der Waals surface area contributed by atoms with Crippen LogP contribution in [0.5, 0.6) is 5.75 Å². The zero-order valence-electron chi connectivity index (χ0n) is 22.1. The van der Waals surface area contributed by atoms with E-state index in [1.54, 1.807) is 42.5 Å². The van der Waals surface area contributed by atoms with Crippen LogP contribution in [0, 0.1) is 0 Å². The van der Waals surface area contributed by atoms with Crippen molar-refractivity contribution in [2.24, 2.45) is 0 Å². The largest absolute Gasteiger partial charge is 0.489 e. The lowest BCUT2D eigenvalue weighted by atomic mass is 10.1. The third kappa shape index (κ3) is 6.95. The van der Waals surface area contributed by atoms with Crippen LogP contribution in [0.3, 0.4) is 0 Å². The van der Waals surface area contributed by atoms with E-state index in [1.165, 1.54) is 12.1 Å². The number of nitrogens with two attached hydrogens (primary N) is 1. The summed E-state index contributed by atoms with van der Waals surface area (Å²) < 4.78 is 17.0. The first-order chi connectivity index (χ1) is 19.8. The van der Waals surface area contributed by atoms with Gasteiger partial charge in [0.1, 0.15) is 30.3 Å². The second-order valence-electron chi connectivity index (χ2n) is 8.88. The van der Waals surface area contributed by atoms with Gasteiger partial charge in [0.2, 0.25) is 5.78 Å². The van der Waals surface area contributed by atoms with Crippen molar-refractivity contribution in [3.05, 3.63) is 128 Å². The van der Waals surface area contributed by atoms with Crippen molar-refractivity contribution in [3.8, 4) is 5.75 Å². The van der Waals surface area contributed by atoms with Gasteiger partial charge in [0.25, 0.3) is 5.56 Å². The van der Waals surface area contributed by atoms with Gasteiger partial charge in [-0.05, 0) is 35.4 Å². The number of benzene rings is 3. The van der Waals surface area contributed by atoms with Crippen molar-refractivity contribution in [1.82, 2.24) is 9.13 Å². The average molecular weight is 558 g/mol. The summed E-state index contributed by atoms with van der Waals surface area (Å²) in [6, 6.07) is 24.4. The molecule has 0 radical (unpaired) electrons. The number of hydrogen-bond acceptors (Lipinski definition) is 9. The van der Waals surface area contributed by atoms with Gasteiger partial charge in [0.15, 0.2) is 6.61 Å². The van der Waals surface area contributed by atoms with E-state index >= 15 is 0 Å². The van der Waals surface area contributed by atoms with E-state index in [4.69, 9.17) is 15.2 Å². The van der Waals surface area contributed by atoms with Crippen LogP contribution in [-0.4, -0.2) is 40.6 Å². The van der Waals surface area contributed by atoms with E-state index < -0.39 is 53.5 Å². The predicted octanol–water partition coefficient (Wildman–Crippen LogP) is 2.43. The summed E-state index contributed by atoms with van der Waals surface area (Å²) in [4.78, 5) is 63.8. The van der Waals surface area contributed by atoms with Crippen molar-refractivity contribution < 1.29 is 28.6 Å². The van der Waals surface area contributed by atoms with Crippen LogP contribution in [-0.2, 0) is 34.0 Å². The zero-order chi connectivity index (χ0) is 29.4. The highest BCUT2D eigenvalue weighted by molar-refractivity contribution is 6.02. The number of Topliss-reactive ketones (excluding diaryl/α,β-unsaturated/α-hetero) is 1. The molecule has 0 aliphatic carbocycles. The molecule has 0 bridgehead atoms. The molecule has 4 aromatic rings. The Hall–Kier alpha value is -5.45. The Labute approximate surface area is 234 Å². The number of aromatic nitrogens is 2. The van der Waals surface area contributed by atoms with Crippen LogP contribution in [0.15, 0.2) is 94.5 Å². The van der Waals surface area contributed by atoms with Gasteiger partial charge in [-0.1, -0.05) is 60.7 Å². The monoisotopic (exact) mass is 557 g/mol. The smallest absolute Gasteiger partial charge is 0.338 e. The van der Waals surface area contributed by atoms with Crippen molar-refractivity contribution in [2.45, 2.75) is 19.7 Å². The fourth-order valence-corrected chi connectivity index (χ4v) is 3.94. The molecule has 0 saturated heterocycles. The third-order valence-corrected chi connectivity index (χ3v) is 6.12. The molecular formula is C30H27N3O8. The molecule has 41 heavy (non-hydrogen) atoms. The third-order valence-electron chi connectivity index (χ3n) is 6.12. The number of ketones is 1. The normalized spacial score (nSPS) is 10.6. The van der Waals surface area contributed by atoms with Crippen LogP contribution in [0.2, 0.25) is 0 Å². The number of methoxy groups -OCH3 is 1. The van der Waals surface area contributed by atoms with Gasteiger partial charge < -0.3 is 19.9 Å². The number of anilines is 1. The SMILES string of the molecule is COC(=O)Cn1c(=O)c(C(=O)COC(=O)c2ccc(OCc3ccccc3)cc2)c(N)n(Cc2ccccc2)c1=O. The van der Waals surface area contributed by atoms with Gasteiger partial charge in [-0.3, -0.25) is 19.0 Å². The molecule has 0 atom stereocenters. The lowest BCUT2D eigenvalue weighted by Gasteiger charge is -2.16. The molecule has 0 unspecified atom stereocenters. The number of nitrogen functional groups attached to an aromatic ring is 1. The lowest BCUT2D eigenvalue weighted by molar-refractivity contribution is -0.141. The van der Waals surface area contributed by atoms with Gasteiger partial charge >= 0.3 is 17.6 Å². The maximum Gasteiger partial charge on any atom is 0.338 e. The number of rotatable bonds is 11. The number of esters is 2. The molecule has 11 heteroatoms. The van der Waals surface area contributed by atoms with E-state index in [9.17, 15) is 24.0 Å². The highest BCUT2D eigenvalue weighted by Gasteiger charge is 2.25. The molecule has 0 saturated carbocycles. The van der Waals surface area contributed by atoms with Crippen molar-refractivity contribution in [2.75, 3.05) is 19.5 Å². The quantitative estimate of drug-likeness (QED) is 0.217. The van der Waals surface area contributed by atoms with Crippen LogP contribution in [0.4, 0.5) is 5.82 Å². The topological polar surface area (TPSA) is 149 Å². The van der Waals surface area contributed by atoms with E-state index in [-0.39, 0.29) is 12.1 Å². The summed E-state index contributed by atoms with van der Waals surface area (Å²) in [7, 11) is 1.10. The fourth-order valence-electron chi connectivity index (χ4n) is 3.94. The van der Waals surface area contributed by atoms with Gasteiger partial charge in [0.05, 0.1) is 19.2 Å². The molecule has 0 aliphatic heterocycles. The van der Waals surface area contributed by atoms with Gasteiger partial charge in [0, 0.05) is 0 Å². The fraction of sp³-hybridized carbons (Fsp3) is 0.167. The average Bonchev–Trinajstić information content (AvgIpc) is 3.00. The molecular weight excluding hydrogens is 530 g/mol. The maximum absolute atomic E-state index is 13.1. The minimum Gasteiger partial charge on any atom is -0.489 e. The Morgan fingerprint density at radius 2 is 1.41 bits per heavy atom. The Balaban J connectivity index is 1.51. The summed E-state index contributed by atoms with van der Waals surface area (Å²) in [5.74, 6) is -2.52. The first kappa shape index (κ1) is 28.6. The molecule has 1 heterocycles. The molecule has 0 amide bonds. The standard InChI is InChI=1S/C30H27N3O8/c1-39-25(35)17-33-28(36)26(27(31)32(30(33)38)16-20-8-4-2-5-9-20)24(34)19-41-29(37)22-12-14-23(15-13-22)40-18-21-10-6-3-7-11-21/h2-15H,16-19,31H2,1H3. The van der Waals surface area contributed by atoms with Crippen molar-refractivity contribution >= 4 is 23.5 Å². The van der Waals surface area contributed by atoms with Gasteiger partial charge in [-0.15, -0.1) is 0 Å². The molecule has 2 N–H and O–H groups in total. The minimum absolute atomic E-state index is 0.0777. The summed E-state index contributed by atoms with van der Waals surface area (Å²) in [5.41, 5.74) is 5.34. The van der Waals surface area contributed by atoms with Crippen LogP contribution in [0.25, 0.3) is 0 Å². The van der Waals surface area contributed by atoms with E-state index in [0.717, 1.165) is 17.2 Å². The number of carbonyl (C=O) groups is 3. The van der Waals surface area contributed by atoms with Crippen molar-refractivity contribution in [3.63, 3.8) is 0 Å². The first-order valence-corrected chi connectivity index (χ1v) is 12.5. The minimum atomic E-state index is -1.09. The predicted molar refractivity (Wildman–Crippen MR) is 149 cm³/mol. The first-order valence-electron chi connectivity index (χ1n) is 12.5. The van der Waals surface area contributed by atoms with Crippen molar-refractivity contribution in [1.29, 1.82) is 0 Å². The molecule has 0 spiro atoms. The molecule has 210 valence electrons. The zero-order valence-corrected chi connectivity index (χ0v) is 22.1. The summed E-state index contributed by atoms with van der Waals surface area (Å²) in [6.07, 6.45) is 0. The molecule has 3 aromatic carbocycles. The second kappa shape index (κ2) is 13.1. The molecule has 0 aliphatic rings. The summed E-state index contributed by atoms with van der Waals surface area (Å²) >= 11 is 0. The summed E-state index contributed by atoms with van der Waals surface area (Å²) in [5, 5.41) is 0. The number of carbonyl (C=O) groups excluding carboxylic acids is 3. The van der Waals surface area contributed by atoms with Gasteiger partial charge in [-0.25, -0.2) is 14.2 Å². The number of hydrogen-bond donors (Lipinski definition) is 1. The van der Waals surface area contributed by atoms with Crippen LogP contribution in [0.1, 0.15) is 31.8 Å². The van der Waals surface area contributed by atoms with E-state index in [2.05, 4.69) is 4.74 Å². The number of ether oxygens (including phenoxy) is 3. The Morgan fingerprint density at radius 1 is 0.805 bits per heavy atom. The molecule has 4 rings (SSSR count). The summed E-state index contributed by atoms with van der Waals surface area (Å²) in [6.45, 7) is -1.29. The number of nitrogens with zero attached hydrogens (tertiary/aromatic N) is 2. The lowest BCUT2D eigenvalue weighted by Crippen LogP contribution is -2.46. The van der Waals surface area contributed by atoms with E-state index in [1.807, 2.05) is 30.3 Å². The highest BCUT2D eigenvalue weighted by atomic mass is 16.5. The van der Waals surface area contributed by atoms with Crippen LogP contribution < -0.4 is 21.7 Å². The Morgan fingerprint density at radius 3 is 2.02 bits per heavy atom. The molecule has 0 fully saturated rings. The Kier molecular flexibility index (Phi) is 9.10. The second-order valence-corrected chi connectivity index (χ2v) is 8.88. The molecule has 11 nitrogen and oxygen atoms in total. The maximum atomic E-state index is 13.1. The van der Waals surface area contributed by atoms with E-state index in [0.29, 0.717) is 22.5 Å².